The van der Waals surface area contributed by atoms with Gasteiger partial charge in [-0.2, -0.15) is 0 Å². The number of rotatable bonds is 4. The Balaban J connectivity index is 3.11. The van der Waals surface area contributed by atoms with Crippen LogP contribution in [0.4, 0.5) is 0 Å². The van der Waals surface area contributed by atoms with Crippen LogP contribution in [0, 0.1) is 12.3 Å². The molecule has 1 rings (SSSR count). The van der Waals surface area contributed by atoms with Crippen molar-refractivity contribution in [1.29, 1.82) is 0 Å². The second-order valence-electron chi connectivity index (χ2n) is 5.65. The van der Waals surface area contributed by atoms with E-state index in [2.05, 4.69) is 30.7 Å². The maximum atomic E-state index is 9.59. The molecule has 4 heteroatoms. The van der Waals surface area contributed by atoms with E-state index in [-0.39, 0.29) is 11.5 Å². The topological polar surface area (TPSA) is 55.2 Å². The van der Waals surface area contributed by atoms with Gasteiger partial charge in [0.25, 0.3) is 0 Å². The minimum Gasteiger partial charge on any atom is -0.389 e. The maximum absolute atomic E-state index is 9.59. The van der Waals surface area contributed by atoms with Crippen molar-refractivity contribution >= 4 is 0 Å². The lowest BCUT2D eigenvalue weighted by Gasteiger charge is -2.29. The van der Waals surface area contributed by atoms with Crippen molar-refractivity contribution in [3.05, 3.63) is 23.3 Å². The second kappa shape index (κ2) is 5.76. The number of aliphatic hydroxyl groups is 1. The summed E-state index contributed by atoms with van der Waals surface area (Å²) >= 11 is 0. The second-order valence-corrected chi connectivity index (χ2v) is 5.65. The summed E-state index contributed by atoms with van der Waals surface area (Å²) in [5.41, 5.74) is 1.52. The van der Waals surface area contributed by atoms with Crippen LogP contribution in [0.1, 0.15) is 63.9 Å². The highest BCUT2D eigenvalue weighted by Gasteiger charge is 2.29. The Kier molecular flexibility index (Phi) is 4.82. The van der Waals surface area contributed by atoms with E-state index in [9.17, 15) is 5.11 Å². The molecule has 0 amide bonds. The van der Waals surface area contributed by atoms with Crippen LogP contribution in [-0.2, 0) is 4.74 Å². The van der Waals surface area contributed by atoms with E-state index in [0.717, 1.165) is 11.3 Å². The molecule has 0 spiro atoms. The van der Waals surface area contributed by atoms with E-state index < -0.39 is 6.10 Å². The summed E-state index contributed by atoms with van der Waals surface area (Å²) in [4.78, 5) is 8.83. The van der Waals surface area contributed by atoms with Gasteiger partial charge in [0.1, 0.15) is 6.10 Å². The minimum atomic E-state index is -0.542. The molecule has 1 heterocycles. The Morgan fingerprint density at radius 1 is 1.39 bits per heavy atom. The lowest BCUT2D eigenvalue weighted by molar-refractivity contribution is -0.0193. The van der Waals surface area contributed by atoms with Crippen LogP contribution in [0.3, 0.4) is 0 Å². The third kappa shape index (κ3) is 3.50. The van der Waals surface area contributed by atoms with Crippen LogP contribution in [-0.4, -0.2) is 21.7 Å². The van der Waals surface area contributed by atoms with Gasteiger partial charge in [-0.05, 0) is 26.2 Å². The summed E-state index contributed by atoms with van der Waals surface area (Å²) in [5, 5.41) is 9.59. The Labute approximate surface area is 109 Å². The molecule has 4 nitrogen and oxygen atoms in total. The minimum absolute atomic E-state index is 0.0607. The zero-order valence-electron chi connectivity index (χ0n) is 12.2. The number of ether oxygens (including phenoxy) is 1. The van der Waals surface area contributed by atoms with E-state index in [1.54, 1.807) is 13.1 Å². The summed E-state index contributed by atoms with van der Waals surface area (Å²) in [6.45, 7) is 12.5. The standard InChI is InChI=1S/C14H24N2O2/c1-7-18-12(14(4,5)6)13-15-8-11(10(3)17)9(2)16-13/h8,10,12,17H,7H2,1-6H3. The van der Waals surface area contributed by atoms with Crippen LogP contribution < -0.4 is 0 Å². The Bertz CT molecular complexity index is 397. The molecule has 0 radical (unpaired) electrons. The molecular formula is C14H24N2O2. The summed E-state index contributed by atoms with van der Waals surface area (Å²) in [6.07, 6.45) is 1.02. The molecular weight excluding hydrogens is 228 g/mol. The summed E-state index contributed by atoms with van der Waals surface area (Å²) < 4.78 is 5.76. The van der Waals surface area contributed by atoms with Gasteiger partial charge in [-0.1, -0.05) is 20.8 Å². The van der Waals surface area contributed by atoms with E-state index in [1.807, 2.05) is 13.8 Å². The van der Waals surface area contributed by atoms with Gasteiger partial charge in [-0.25, -0.2) is 9.97 Å². The molecule has 1 aromatic rings. The number of aryl methyl sites for hydroxylation is 1. The average Bonchev–Trinajstić information content (AvgIpc) is 2.23. The van der Waals surface area contributed by atoms with Crippen molar-refractivity contribution in [2.75, 3.05) is 6.61 Å². The maximum Gasteiger partial charge on any atom is 0.157 e. The van der Waals surface area contributed by atoms with Crippen molar-refractivity contribution < 1.29 is 9.84 Å². The molecule has 0 fully saturated rings. The molecule has 0 saturated carbocycles. The first-order valence-corrected chi connectivity index (χ1v) is 6.40. The third-order valence-electron chi connectivity index (χ3n) is 2.84. The highest BCUT2D eigenvalue weighted by molar-refractivity contribution is 5.19. The quantitative estimate of drug-likeness (QED) is 0.895. The molecule has 0 aromatic carbocycles. The largest absolute Gasteiger partial charge is 0.389 e. The molecule has 0 bridgehead atoms. The zero-order chi connectivity index (χ0) is 13.9. The Morgan fingerprint density at radius 3 is 2.39 bits per heavy atom. The fourth-order valence-corrected chi connectivity index (χ4v) is 1.91. The van der Waals surface area contributed by atoms with Crippen molar-refractivity contribution in [2.45, 2.75) is 53.8 Å². The van der Waals surface area contributed by atoms with Crippen molar-refractivity contribution in [3.63, 3.8) is 0 Å². The molecule has 0 aliphatic carbocycles. The van der Waals surface area contributed by atoms with Crippen LogP contribution in [0.25, 0.3) is 0 Å². The SMILES string of the molecule is CCOC(c1ncc(C(C)O)c(C)n1)C(C)(C)C. The number of aromatic nitrogens is 2. The molecule has 1 aromatic heterocycles. The van der Waals surface area contributed by atoms with Crippen LogP contribution >= 0.6 is 0 Å². The smallest absolute Gasteiger partial charge is 0.157 e. The first-order chi connectivity index (χ1) is 8.27. The lowest BCUT2D eigenvalue weighted by Crippen LogP contribution is -2.24. The van der Waals surface area contributed by atoms with Gasteiger partial charge in [0, 0.05) is 24.1 Å². The Hall–Kier alpha value is -1.00. The van der Waals surface area contributed by atoms with E-state index in [0.29, 0.717) is 12.4 Å². The van der Waals surface area contributed by atoms with Gasteiger partial charge in [-0.15, -0.1) is 0 Å². The number of hydrogen-bond acceptors (Lipinski definition) is 4. The van der Waals surface area contributed by atoms with Crippen molar-refractivity contribution in [2.24, 2.45) is 5.41 Å². The van der Waals surface area contributed by atoms with Gasteiger partial charge in [0.2, 0.25) is 0 Å². The van der Waals surface area contributed by atoms with E-state index in [1.165, 1.54) is 0 Å². The molecule has 0 aliphatic heterocycles. The first-order valence-electron chi connectivity index (χ1n) is 6.40. The lowest BCUT2D eigenvalue weighted by atomic mass is 9.88. The number of aliphatic hydroxyl groups excluding tert-OH is 1. The zero-order valence-corrected chi connectivity index (χ0v) is 12.2. The molecule has 18 heavy (non-hydrogen) atoms. The number of nitrogens with zero attached hydrogens (tertiary/aromatic N) is 2. The summed E-state index contributed by atoms with van der Waals surface area (Å²) in [6, 6.07) is 0. The van der Waals surface area contributed by atoms with Crippen LogP contribution in [0.15, 0.2) is 6.20 Å². The fourth-order valence-electron chi connectivity index (χ4n) is 1.91. The fraction of sp³-hybridized carbons (Fsp3) is 0.714. The Morgan fingerprint density at radius 2 is 2.00 bits per heavy atom. The predicted molar refractivity (Wildman–Crippen MR) is 71.2 cm³/mol. The molecule has 0 saturated heterocycles. The summed E-state index contributed by atoms with van der Waals surface area (Å²) in [5.74, 6) is 0.686. The normalized spacial score (nSPS) is 15.5. The average molecular weight is 252 g/mol. The van der Waals surface area contributed by atoms with E-state index >= 15 is 0 Å². The van der Waals surface area contributed by atoms with Gasteiger partial charge < -0.3 is 9.84 Å². The van der Waals surface area contributed by atoms with Crippen molar-refractivity contribution in [3.8, 4) is 0 Å². The number of hydrogen-bond donors (Lipinski definition) is 1. The molecule has 102 valence electrons. The monoisotopic (exact) mass is 252 g/mol. The van der Waals surface area contributed by atoms with Gasteiger partial charge in [-0.3, -0.25) is 0 Å². The van der Waals surface area contributed by atoms with Crippen LogP contribution in [0.2, 0.25) is 0 Å². The first kappa shape index (κ1) is 15.1. The molecule has 2 unspecified atom stereocenters. The highest BCUT2D eigenvalue weighted by Crippen LogP contribution is 2.34. The van der Waals surface area contributed by atoms with Crippen molar-refractivity contribution in [1.82, 2.24) is 9.97 Å². The van der Waals surface area contributed by atoms with Gasteiger partial charge >= 0.3 is 0 Å². The third-order valence-corrected chi connectivity index (χ3v) is 2.84. The predicted octanol–water partition coefficient (Wildman–Crippen LogP) is 2.96. The van der Waals surface area contributed by atoms with Crippen LogP contribution in [0.5, 0.6) is 0 Å². The molecule has 0 aliphatic rings. The molecule has 1 N–H and O–H groups in total. The van der Waals surface area contributed by atoms with Gasteiger partial charge in [0.05, 0.1) is 6.10 Å². The van der Waals surface area contributed by atoms with Gasteiger partial charge in [0.15, 0.2) is 5.82 Å². The highest BCUT2D eigenvalue weighted by atomic mass is 16.5. The summed E-state index contributed by atoms with van der Waals surface area (Å²) in [7, 11) is 0. The molecule has 2 atom stereocenters. The van der Waals surface area contributed by atoms with E-state index in [4.69, 9.17) is 4.74 Å².